The predicted octanol–water partition coefficient (Wildman–Crippen LogP) is 4.03. The zero-order valence-electron chi connectivity index (χ0n) is 13.7. The lowest BCUT2D eigenvalue weighted by Gasteiger charge is -2.18. The fraction of sp³-hybridized carbons (Fsp3) is 0.235. The maximum atomic E-state index is 4.71. The first-order valence-corrected chi connectivity index (χ1v) is 8.19. The molecule has 0 saturated carbocycles. The number of thiazole rings is 1. The number of hydrogen-bond acceptors (Lipinski definition) is 6. The molecule has 0 spiro atoms. The van der Waals surface area contributed by atoms with Crippen LogP contribution in [0.3, 0.4) is 0 Å². The van der Waals surface area contributed by atoms with Crippen molar-refractivity contribution in [3.05, 3.63) is 47.2 Å². The van der Waals surface area contributed by atoms with E-state index in [2.05, 4.69) is 15.3 Å². The minimum atomic E-state index is 0.671. The average Bonchev–Trinajstić information content (AvgIpc) is 2.93. The molecule has 118 valence electrons. The zero-order chi connectivity index (χ0) is 16.4. The van der Waals surface area contributed by atoms with Crippen LogP contribution in [0.2, 0.25) is 0 Å². The van der Waals surface area contributed by atoms with Crippen molar-refractivity contribution in [1.29, 1.82) is 0 Å². The highest BCUT2D eigenvalue weighted by atomic mass is 32.1. The van der Waals surface area contributed by atoms with Gasteiger partial charge >= 0.3 is 0 Å². The summed E-state index contributed by atoms with van der Waals surface area (Å²) >= 11 is 1.66. The third-order valence-corrected chi connectivity index (χ3v) is 4.72. The molecule has 0 aliphatic rings. The molecule has 0 unspecified atom stereocenters. The smallest absolute Gasteiger partial charge is 0.230 e. The number of benzene rings is 1. The number of nitrogens with one attached hydrogen (secondary N) is 1. The summed E-state index contributed by atoms with van der Waals surface area (Å²) in [4.78, 5) is 16.7. The van der Waals surface area contributed by atoms with Crippen LogP contribution in [0.5, 0.6) is 0 Å². The Morgan fingerprint density at radius 3 is 2.39 bits per heavy atom. The second kappa shape index (κ2) is 6.34. The molecule has 0 radical (unpaired) electrons. The average molecular weight is 325 g/mol. The van der Waals surface area contributed by atoms with Crippen molar-refractivity contribution in [3.63, 3.8) is 0 Å². The molecule has 0 saturated heterocycles. The van der Waals surface area contributed by atoms with Crippen LogP contribution < -0.4 is 10.2 Å². The quantitative estimate of drug-likeness (QED) is 0.785. The lowest BCUT2D eigenvalue weighted by atomic mass is 10.2. The van der Waals surface area contributed by atoms with E-state index in [0.717, 1.165) is 32.6 Å². The first kappa shape index (κ1) is 15.4. The van der Waals surface area contributed by atoms with Crippen LogP contribution in [-0.2, 0) is 0 Å². The van der Waals surface area contributed by atoms with E-state index < -0.39 is 0 Å². The molecule has 23 heavy (non-hydrogen) atoms. The summed E-state index contributed by atoms with van der Waals surface area (Å²) in [7, 11) is 3.88. The van der Waals surface area contributed by atoms with Crippen molar-refractivity contribution in [2.24, 2.45) is 0 Å². The van der Waals surface area contributed by atoms with Gasteiger partial charge in [-0.05, 0) is 44.2 Å². The normalized spacial score (nSPS) is 10.6. The molecule has 0 bridgehead atoms. The Morgan fingerprint density at radius 1 is 1.04 bits per heavy atom. The van der Waals surface area contributed by atoms with Crippen LogP contribution in [0.4, 0.5) is 17.3 Å². The highest BCUT2D eigenvalue weighted by molar-refractivity contribution is 7.15. The minimum absolute atomic E-state index is 0.671. The Bertz CT molecular complexity index is 810. The molecule has 0 amide bonds. The second-order valence-corrected chi connectivity index (χ2v) is 6.45. The Hall–Kier alpha value is -2.47. The van der Waals surface area contributed by atoms with Gasteiger partial charge in [0.05, 0.1) is 21.3 Å². The van der Waals surface area contributed by atoms with Crippen LogP contribution in [0.15, 0.2) is 36.5 Å². The Labute approximate surface area is 140 Å². The summed E-state index contributed by atoms with van der Waals surface area (Å²) in [6.07, 6.45) is 1.80. The van der Waals surface area contributed by atoms with Gasteiger partial charge in [-0.3, -0.25) is 0 Å². The molecule has 0 atom stereocenters. The highest BCUT2D eigenvalue weighted by Crippen LogP contribution is 2.30. The van der Waals surface area contributed by atoms with Gasteiger partial charge in [-0.1, -0.05) is 0 Å². The molecule has 2 aromatic heterocycles. The van der Waals surface area contributed by atoms with Gasteiger partial charge in [-0.25, -0.2) is 15.0 Å². The number of aryl methyl sites for hydroxylation is 2. The van der Waals surface area contributed by atoms with Crippen molar-refractivity contribution in [2.75, 3.05) is 24.3 Å². The maximum Gasteiger partial charge on any atom is 0.230 e. The van der Waals surface area contributed by atoms with E-state index in [0.29, 0.717) is 5.95 Å². The number of anilines is 3. The summed E-state index contributed by atoms with van der Waals surface area (Å²) in [5, 5.41) is 4.17. The molecule has 3 aromatic rings. The first-order valence-electron chi connectivity index (χ1n) is 7.37. The lowest BCUT2D eigenvalue weighted by molar-refractivity contribution is 1.05. The summed E-state index contributed by atoms with van der Waals surface area (Å²) < 4.78 is 0. The third kappa shape index (κ3) is 3.17. The largest absolute Gasteiger partial charge is 0.388 e. The number of rotatable bonds is 4. The van der Waals surface area contributed by atoms with Crippen molar-refractivity contribution in [2.45, 2.75) is 13.8 Å². The highest BCUT2D eigenvalue weighted by Gasteiger charge is 2.12. The number of hydrogen-bond donors (Lipinski definition) is 1. The van der Waals surface area contributed by atoms with Gasteiger partial charge in [0.2, 0.25) is 5.95 Å². The zero-order valence-corrected chi connectivity index (χ0v) is 14.5. The Balaban J connectivity index is 1.93. The molecule has 1 aromatic carbocycles. The van der Waals surface area contributed by atoms with E-state index in [1.54, 1.807) is 17.5 Å². The summed E-state index contributed by atoms with van der Waals surface area (Å²) in [5.74, 6) is 0.671. The molecule has 3 rings (SSSR count). The second-order valence-electron chi connectivity index (χ2n) is 5.25. The Morgan fingerprint density at radius 2 is 1.78 bits per heavy atom. The molecular weight excluding hydrogens is 306 g/mol. The topological polar surface area (TPSA) is 53.9 Å². The van der Waals surface area contributed by atoms with Crippen LogP contribution in [0.25, 0.3) is 10.6 Å². The van der Waals surface area contributed by atoms with E-state index in [4.69, 9.17) is 4.98 Å². The summed E-state index contributed by atoms with van der Waals surface area (Å²) in [6.45, 7) is 4.03. The lowest BCUT2D eigenvalue weighted by Crippen LogP contribution is -2.13. The SMILES string of the molecule is CNc1ccc(N(C)c2nccc(-c3sc(C)nc3C)n2)cc1. The van der Waals surface area contributed by atoms with Crippen LogP contribution in [0, 0.1) is 13.8 Å². The summed E-state index contributed by atoms with van der Waals surface area (Å²) in [6, 6.07) is 10.1. The van der Waals surface area contributed by atoms with E-state index >= 15 is 0 Å². The molecule has 0 fully saturated rings. The molecule has 5 nitrogen and oxygen atoms in total. The van der Waals surface area contributed by atoms with Gasteiger partial charge in [-0.15, -0.1) is 11.3 Å². The molecule has 0 aliphatic heterocycles. The molecule has 2 heterocycles. The molecule has 6 heteroatoms. The summed E-state index contributed by atoms with van der Waals surface area (Å²) in [5.41, 5.74) is 4.04. The van der Waals surface area contributed by atoms with Crippen molar-refractivity contribution < 1.29 is 0 Å². The fourth-order valence-electron chi connectivity index (χ4n) is 2.37. The van der Waals surface area contributed by atoms with Gasteiger partial charge in [0.25, 0.3) is 0 Å². The van der Waals surface area contributed by atoms with Crippen molar-refractivity contribution >= 4 is 28.7 Å². The van der Waals surface area contributed by atoms with Crippen molar-refractivity contribution in [1.82, 2.24) is 15.0 Å². The van der Waals surface area contributed by atoms with Gasteiger partial charge in [0.1, 0.15) is 0 Å². The van der Waals surface area contributed by atoms with Crippen LogP contribution >= 0.6 is 11.3 Å². The van der Waals surface area contributed by atoms with Gasteiger partial charge < -0.3 is 10.2 Å². The van der Waals surface area contributed by atoms with E-state index in [1.165, 1.54) is 0 Å². The van der Waals surface area contributed by atoms with Crippen LogP contribution in [-0.4, -0.2) is 29.0 Å². The van der Waals surface area contributed by atoms with Crippen molar-refractivity contribution in [3.8, 4) is 10.6 Å². The minimum Gasteiger partial charge on any atom is -0.388 e. The predicted molar refractivity (Wildman–Crippen MR) is 96.7 cm³/mol. The number of nitrogens with zero attached hydrogens (tertiary/aromatic N) is 4. The van der Waals surface area contributed by atoms with E-state index in [9.17, 15) is 0 Å². The first-order chi connectivity index (χ1) is 11.1. The van der Waals surface area contributed by atoms with Gasteiger partial charge in [0, 0.05) is 31.7 Å². The van der Waals surface area contributed by atoms with Gasteiger partial charge in [-0.2, -0.15) is 0 Å². The van der Waals surface area contributed by atoms with Gasteiger partial charge in [0.15, 0.2) is 0 Å². The molecule has 1 N–H and O–H groups in total. The monoisotopic (exact) mass is 325 g/mol. The standard InChI is InChI=1S/C17H19N5S/c1-11-16(23-12(2)20-11)15-9-10-19-17(21-15)22(4)14-7-5-13(18-3)6-8-14/h5-10,18H,1-4H3. The van der Waals surface area contributed by atoms with E-state index in [1.807, 2.05) is 63.2 Å². The van der Waals surface area contributed by atoms with E-state index in [-0.39, 0.29) is 0 Å². The molecular formula is C17H19N5S. The third-order valence-electron chi connectivity index (χ3n) is 3.62. The van der Waals surface area contributed by atoms with Crippen LogP contribution in [0.1, 0.15) is 10.7 Å². The number of aromatic nitrogens is 3. The maximum absolute atomic E-state index is 4.71. The fourth-order valence-corrected chi connectivity index (χ4v) is 3.26. The molecule has 0 aliphatic carbocycles. The Kier molecular flexibility index (Phi) is 4.25.